The van der Waals surface area contributed by atoms with Crippen molar-refractivity contribution >= 4 is 43.1 Å². The Bertz CT molecular complexity index is 1340. The predicted molar refractivity (Wildman–Crippen MR) is 121 cm³/mol. The van der Waals surface area contributed by atoms with Crippen LogP contribution in [0.3, 0.4) is 0 Å². The summed E-state index contributed by atoms with van der Waals surface area (Å²) in [5, 5.41) is 2.01. The second-order valence-corrected chi connectivity index (χ2v) is 9.62. The van der Waals surface area contributed by atoms with Crippen LogP contribution in [0.4, 0.5) is 5.00 Å². The third kappa shape index (κ3) is 3.69. The van der Waals surface area contributed by atoms with Crippen LogP contribution >= 0.6 is 11.3 Å². The number of ether oxygens (including phenoxy) is 1. The molecule has 0 radical (unpaired) electrons. The summed E-state index contributed by atoms with van der Waals surface area (Å²) in [6, 6.07) is 21.8. The van der Waals surface area contributed by atoms with Gasteiger partial charge in [-0.3, -0.25) is 4.72 Å². The maximum absolute atomic E-state index is 13.1. The molecule has 4 rings (SSSR count). The standard InChI is InChI=1S/C23H19NO4S2/c1-15-20(17-9-4-3-5-10-17)21(23(25)28-2)22(29-15)24-30(26,27)19-13-12-16-8-6-7-11-18(16)14-19/h3-14,24H,1-2H3. The fourth-order valence-corrected chi connectivity index (χ4v) is 5.79. The van der Waals surface area contributed by atoms with Gasteiger partial charge in [-0.25, -0.2) is 13.2 Å². The number of nitrogens with one attached hydrogen (secondary N) is 1. The molecule has 7 heteroatoms. The van der Waals surface area contributed by atoms with E-state index in [4.69, 9.17) is 4.74 Å². The van der Waals surface area contributed by atoms with Crippen LogP contribution in [0.5, 0.6) is 0 Å². The Labute approximate surface area is 179 Å². The minimum absolute atomic E-state index is 0.129. The van der Waals surface area contributed by atoms with Gasteiger partial charge in [0.2, 0.25) is 0 Å². The molecule has 0 saturated carbocycles. The molecule has 152 valence electrons. The third-order valence-electron chi connectivity index (χ3n) is 4.79. The Morgan fingerprint density at radius 3 is 2.30 bits per heavy atom. The Balaban J connectivity index is 1.81. The van der Waals surface area contributed by atoms with Crippen LogP contribution in [-0.4, -0.2) is 21.5 Å². The molecule has 0 bridgehead atoms. The molecule has 0 saturated heterocycles. The fraction of sp³-hybridized carbons (Fsp3) is 0.0870. The number of hydrogen-bond donors (Lipinski definition) is 1. The van der Waals surface area contributed by atoms with Crippen LogP contribution in [-0.2, 0) is 14.8 Å². The first-order chi connectivity index (χ1) is 14.4. The lowest BCUT2D eigenvalue weighted by Crippen LogP contribution is -2.15. The van der Waals surface area contributed by atoms with Crippen molar-refractivity contribution in [3.8, 4) is 11.1 Å². The van der Waals surface area contributed by atoms with Crippen molar-refractivity contribution in [1.29, 1.82) is 0 Å². The molecule has 0 aliphatic carbocycles. The summed E-state index contributed by atoms with van der Waals surface area (Å²) >= 11 is 1.21. The first-order valence-electron chi connectivity index (χ1n) is 9.19. The molecule has 0 fully saturated rings. The van der Waals surface area contributed by atoms with E-state index in [2.05, 4.69) is 4.72 Å². The molecular weight excluding hydrogens is 418 g/mol. The maximum Gasteiger partial charge on any atom is 0.341 e. The minimum Gasteiger partial charge on any atom is -0.465 e. The molecule has 0 aliphatic heterocycles. The van der Waals surface area contributed by atoms with E-state index in [0.29, 0.717) is 5.56 Å². The van der Waals surface area contributed by atoms with Gasteiger partial charge in [-0.1, -0.05) is 60.7 Å². The number of esters is 1. The molecule has 0 amide bonds. The Morgan fingerprint density at radius 2 is 1.60 bits per heavy atom. The van der Waals surface area contributed by atoms with E-state index in [1.165, 1.54) is 18.4 Å². The quantitative estimate of drug-likeness (QED) is 0.421. The predicted octanol–water partition coefficient (Wildman–Crippen LogP) is 5.46. The zero-order valence-corrected chi connectivity index (χ0v) is 18.0. The summed E-state index contributed by atoms with van der Waals surface area (Å²) in [4.78, 5) is 13.5. The molecule has 1 aromatic heterocycles. The Hall–Kier alpha value is -3.16. The number of fused-ring (bicyclic) bond motifs is 1. The monoisotopic (exact) mass is 437 g/mol. The fourth-order valence-electron chi connectivity index (χ4n) is 3.38. The van der Waals surface area contributed by atoms with Gasteiger partial charge in [0.1, 0.15) is 10.6 Å². The third-order valence-corrected chi connectivity index (χ3v) is 7.29. The highest BCUT2D eigenvalue weighted by Gasteiger charge is 2.27. The second-order valence-electron chi connectivity index (χ2n) is 6.71. The van der Waals surface area contributed by atoms with Crippen molar-refractivity contribution < 1.29 is 17.9 Å². The normalized spacial score (nSPS) is 11.4. The molecule has 0 atom stereocenters. The van der Waals surface area contributed by atoms with Gasteiger partial charge in [0, 0.05) is 10.4 Å². The number of rotatable bonds is 5. The number of sulfonamides is 1. The molecule has 0 unspecified atom stereocenters. The van der Waals surface area contributed by atoms with E-state index < -0.39 is 16.0 Å². The van der Waals surface area contributed by atoms with Gasteiger partial charge < -0.3 is 4.74 Å². The van der Waals surface area contributed by atoms with Crippen LogP contribution < -0.4 is 4.72 Å². The summed E-state index contributed by atoms with van der Waals surface area (Å²) in [5.74, 6) is -0.589. The first kappa shape index (κ1) is 20.1. The molecule has 3 aromatic carbocycles. The molecule has 1 N–H and O–H groups in total. The molecular formula is C23H19NO4S2. The topological polar surface area (TPSA) is 72.5 Å². The highest BCUT2D eigenvalue weighted by atomic mass is 32.2. The first-order valence-corrected chi connectivity index (χ1v) is 11.5. The van der Waals surface area contributed by atoms with Crippen LogP contribution in [0.15, 0.2) is 77.7 Å². The van der Waals surface area contributed by atoms with Crippen molar-refractivity contribution in [3.63, 3.8) is 0 Å². The number of aryl methyl sites for hydroxylation is 1. The lowest BCUT2D eigenvalue weighted by atomic mass is 10.0. The zero-order valence-electron chi connectivity index (χ0n) is 16.4. The Morgan fingerprint density at radius 1 is 0.933 bits per heavy atom. The van der Waals surface area contributed by atoms with Crippen LogP contribution in [0, 0.1) is 6.92 Å². The molecule has 5 nitrogen and oxygen atoms in total. The van der Waals surface area contributed by atoms with Crippen molar-refractivity contribution in [2.45, 2.75) is 11.8 Å². The number of carbonyl (C=O) groups excluding carboxylic acids is 1. The van der Waals surface area contributed by atoms with Crippen LogP contribution in [0.2, 0.25) is 0 Å². The molecule has 4 aromatic rings. The van der Waals surface area contributed by atoms with Crippen LogP contribution in [0.1, 0.15) is 15.2 Å². The summed E-state index contributed by atoms with van der Waals surface area (Å²) in [6.07, 6.45) is 0. The number of thiophene rings is 1. The molecule has 30 heavy (non-hydrogen) atoms. The van der Waals surface area contributed by atoms with Gasteiger partial charge in [-0.05, 0) is 35.4 Å². The summed E-state index contributed by atoms with van der Waals surface area (Å²) in [7, 11) is -2.62. The van der Waals surface area contributed by atoms with Gasteiger partial charge in [0.05, 0.1) is 12.0 Å². The summed E-state index contributed by atoms with van der Waals surface area (Å²) in [6.45, 7) is 1.85. The van der Waals surface area contributed by atoms with Crippen LogP contribution in [0.25, 0.3) is 21.9 Å². The van der Waals surface area contributed by atoms with Crippen molar-refractivity contribution in [3.05, 3.63) is 83.2 Å². The lowest BCUT2D eigenvalue weighted by molar-refractivity contribution is 0.0603. The zero-order chi connectivity index (χ0) is 21.3. The lowest BCUT2D eigenvalue weighted by Gasteiger charge is -2.10. The van der Waals surface area contributed by atoms with Crippen molar-refractivity contribution in [1.82, 2.24) is 0 Å². The smallest absolute Gasteiger partial charge is 0.341 e. The van der Waals surface area contributed by atoms with Gasteiger partial charge in [-0.15, -0.1) is 11.3 Å². The largest absolute Gasteiger partial charge is 0.465 e. The molecule has 0 aliphatic rings. The highest BCUT2D eigenvalue weighted by Crippen LogP contribution is 2.41. The average Bonchev–Trinajstić information content (AvgIpc) is 3.08. The number of benzene rings is 3. The number of methoxy groups -OCH3 is 1. The second kappa shape index (κ2) is 7.93. The van der Waals surface area contributed by atoms with E-state index in [1.54, 1.807) is 18.2 Å². The SMILES string of the molecule is COC(=O)c1c(NS(=O)(=O)c2ccc3ccccc3c2)sc(C)c1-c1ccccc1. The van der Waals surface area contributed by atoms with E-state index in [9.17, 15) is 13.2 Å². The van der Waals surface area contributed by atoms with Gasteiger partial charge in [-0.2, -0.15) is 0 Å². The number of carbonyl (C=O) groups is 1. The van der Waals surface area contributed by atoms with Crippen molar-refractivity contribution in [2.75, 3.05) is 11.8 Å². The number of hydrogen-bond acceptors (Lipinski definition) is 5. The highest BCUT2D eigenvalue weighted by molar-refractivity contribution is 7.93. The van der Waals surface area contributed by atoms with Gasteiger partial charge in [0.25, 0.3) is 10.0 Å². The molecule has 0 spiro atoms. The number of anilines is 1. The summed E-state index contributed by atoms with van der Waals surface area (Å²) in [5.41, 5.74) is 1.71. The minimum atomic E-state index is -3.90. The van der Waals surface area contributed by atoms with Crippen molar-refractivity contribution in [2.24, 2.45) is 0 Å². The van der Waals surface area contributed by atoms with Gasteiger partial charge in [0.15, 0.2) is 0 Å². The maximum atomic E-state index is 13.1. The molecule has 1 heterocycles. The summed E-state index contributed by atoms with van der Waals surface area (Å²) < 4.78 is 33.8. The van der Waals surface area contributed by atoms with E-state index in [1.807, 2.05) is 61.5 Å². The van der Waals surface area contributed by atoms with E-state index in [-0.39, 0.29) is 15.5 Å². The van der Waals surface area contributed by atoms with Gasteiger partial charge >= 0.3 is 5.97 Å². The Kier molecular flexibility index (Phi) is 5.32. The average molecular weight is 438 g/mol. The van der Waals surface area contributed by atoms with E-state index >= 15 is 0 Å². The van der Waals surface area contributed by atoms with E-state index in [0.717, 1.165) is 21.2 Å².